The average Bonchev–Trinajstić information content (AvgIpc) is 2.56. The fourth-order valence-corrected chi connectivity index (χ4v) is 5.34. The molecule has 0 radical (unpaired) electrons. The van der Waals surface area contributed by atoms with Crippen LogP contribution in [0.3, 0.4) is 0 Å². The van der Waals surface area contributed by atoms with Crippen LogP contribution in [-0.4, -0.2) is 50.8 Å². The standard InChI is InChI=1S/C15H21ClN2O3S/c16-13-4-1-3-12(9-13)15-10-17-6-7-18(15)22(19,20)14-5-2-8-21-11-14/h1,3-4,9,14-15,17H,2,5-8,10-11H2. The highest BCUT2D eigenvalue weighted by atomic mass is 35.5. The predicted molar refractivity (Wildman–Crippen MR) is 86.5 cm³/mol. The summed E-state index contributed by atoms with van der Waals surface area (Å²) < 4.78 is 33.0. The van der Waals surface area contributed by atoms with Crippen molar-refractivity contribution in [2.75, 3.05) is 32.8 Å². The second-order valence-electron chi connectivity index (χ2n) is 5.77. The molecule has 0 aliphatic carbocycles. The molecule has 2 unspecified atom stereocenters. The van der Waals surface area contributed by atoms with Crippen LogP contribution in [0.25, 0.3) is 0 Å². The Morgan fingerprint density at radius 3 is 2.95 bits per heavy atom. The first-order valence-electron chi connectivity index (χ1n) is 7.63. The molecule has 7 heteroatoms. The van der Waals surface area contributed by atoms with Crippen molar-refractivity contribution in [2.24, 2.45) is 0 Å². The molecule has 5 nitrogen and oxygen atoms in total. The molecule has 2 aliphatic rings. The van der Waals surface area contributed by atoms with Gasteiger partial charge in [-0.15, -0.1) is 0 Å². The average molecular weight is 345 g/mol. The third kappa shape index (κ3) is 3.31. The number of nitrogens with one attached hydrogen (secondary N) is 1. The second-order valence-corrected chi connectivity index (χ2v) is 8.37. The zero-order valence-corrected chi connectivity index (χ0v) is 13.9. The number of hydrogen-bond donors (Lipinski definition) is 1. The summed E-state index contributed by atoms with van der Waals surface area (Å²) in [5.41, 5.74) is 0.931. The van der Waals surface area contributed by atoms with E-state index in [-0.39, 0.29) is 6.04 Å². The highest BCUT2D eigenvalue weighted by Crippen LogP contribution is 2.30. The minimum Gasteiger partial charge on any atom is -0.380 e. The number of halogens is 1. The minimum absolute atomic E-state index is 0.209. The zero-order chi connectivity index (χ0) is 15.6. The van der Waals surface area contributed by atoms with Crippen LogP contribution in [0.4, 0.5) is 0 Å². The van der Waals surface area contributed by atoms with E-state index in [0.717, 1.165) is 12.0 Å². The van der Waals surface area contributed by atoms with Gasteiger partial charge in [0.25, 0.3) is 0 Å². The van der Waals surface area contributed by atoms with Gasteiger partial charge in [0, 0.05) is 31.3 Å². The summed E-state index contributed by atoms with van der Waals surface area (Å²) in [7, 11) is -3.37. The molecule has 3 rings (SSSR count). The maximum absolute atomic E-state index is 13.0. The van der Waals surface area contributed by atoms with Crippen LogP contribution in [0.15, 0.2) is 24.3 Å². The largest absolute Gasteiger partial charge is 0.380 e. The van der Waals surface area contributed by atoms with Gasteiger partial charge >= 0.3 is 0 Å². The van der Waals surface area contributed by atoms with Crippen molar-refractivity contribution in [2.45, 2.75) is 24.1 Å². The van der Waals surface area contributed by atoms with E-state index in [1.165, 1.54) is 0 Å². The summed E-state index contributed by atoms with van der Waals surface area (Å²) in [5, 5.41) is 3.47. The van der Waals surface area contributed by atoms with Crippen LogP contribution in [0.2, 0.25) is 5.02 Å². The normalized spacial score (nSPS) is 27.7. The highest BCUT2D eigenvalue weighted by Gasteiger charge is 2.39. The molecule has 0 amide bonds. The molecule has 0 bridgehead atoms. The number of benzene rings is 1. The van der Waals surface area contributed by atoms with E-state index in [4.69, 9.17) is 16.3 Å². The van der Waals surface area contributed by atoms with Crippen LogP contribution < -0.4 is 5.32 Å². The van der Waals surface area contributed by atoms with Gasteiger partial charge in [0.05, 0.1) is 17.9 Å². The third-order valence-corrected chi connectivity index (χ3v) is 6.83. The molecule has 0 saturated carbocycles. The molecule has 2 atom stereocenters. The Morgan fingerprint density at radius 1 is 1.36 bits per heavy atom. The van der Waals surface area contributed by atoms with Crippen LogP contribution in [0, 0.1) is 0 Å². The van der Waals surface area contributed by atoms with Crippen LogP contribution in [0.1, 0.15) is 24.4 Å². The smallest absolute Gasteiger partial charge is 0.219 e. The van der Waals surface area contributed by atoms with Gasteiger partial charge in [-0.1, -0.05) is 23.7 Å². The maximum Gasteiger partial charge on any atom is 0.219 e. The number of sulfonamides is 1. The van der Waals surface area contributed by atoms with Crippen molar-refractivity contribution >= 4 is 21.6 Å². The Morgan fingerprint density at radius 2 is 2.23 bits per heavy atom. The molecule has 0 aromatic heterocycles. The van der Waals surface area contributed by atoms with Crippen molar-refractivity contribution in [1.29, 1.82) is 0 Å². The molecule has 2 fully saturated rings. The van der Waals surface area contributed by atoms with Crippen molar-refractivity contribution in [3.63, 3.8) is 0 Å². The lowest BCUT2D eigenvalue weighted by Crippen LogP contribution is -2.52. The van der Waals surface area contributed by atoms with Gasteiger partial charge in [-0.05, 0) is 30.5 Å². The Bertz CT molecular complexity index is 617. The van der Waals surface area contributed by atoms with Crippen LogP contribution in [-0.2, 0) is 14.8 Å². The number of nitrogens with zero attached hydrogens (tertiary/aromatic N) is 1. The van der Waals surface area contributed by atoms with Crippen LogP contribution >= 0.6 is 11.6 Å². The zero-order valence-electron chi connectivity index (χ0n) is 12.4. The first-order chi connectivity index (χ1) is 10.6. The summed E-state index contributed by atoms with van der Waals surface area (Å²) in [6, 6.07) is 7.23. The number of rotatable bonds is 3. The van der Waals surface area contributed by atoms with E-state index in [1.807, 2.05) is 18.2 Å². The molecule has 22 heavy (non-hydrogen) atoms. The maximum atomic E-state index is 13.0. The summed E-state index contributed by atoms with van der Waals surface area (Å²) in [4.78, 5) is 0. The van der Waals surface area contributed by atoms with Crippen molar-refractivity contribution in [3.05, 3.63) is 34.9 Å². The molecule has 2 heterocycles. The fraction of sp³-hybridized carbons (Fsp3) is 0.600. The molecular formula is C15H21ClN2O3S. The van der Waals surface area contributed by atoms with Gasteiger partial charge in [0.1, 0.15) is 0 Å². The van der Waals surface area contributed by atoms with Gasteiger partial charge in [-0.25, -0.2) is 8.42 Å². The monoisotopic (exact) mass is 344 g/mol. The molecule has 1 N–H and O–H groups in total. The third-order valence-electron chi connectivity index (χ3n) is 4.29. The Kier molecular flexibility index (Phi) is 5.04. The number of piperazine rings is 1. The fourth-order valence-electron chi connectivity index (χ4n) is 3.13. The summed E-state index contributed by atoms with van der Waals surface area (Å²) in [6.45, 7) is 2.72. The van der Waals surface area contributed by atoms with E-state index < -0.39 is 15.3 Å². The Hall–Kier alpha value is -0.660. The number of hydrogen-bond acceptors (Lipinski definition) is 4. The number of ether oxygens (including phenoxy) is 1. The molecular weight excluding hydrogens is 324 g/mol. The predicted octanol–water partition coefficient (Wildman–Crippen LogP) is 1.80. The van der Waals surface area contributed by atoms with Gasteiger partial charge in [-0.3, -0.25) is 0 Å². The minimum atomic E-state index is -3.37. The van der Waals surface area contributed by atoms with Crippen molar-refractivity contribution in [1.82, 2.24) is 9.62 Å². The van der Waals surface area contributed by atoms with E-state index in [2.05, 4.69) is 5.32 Å². The first kappa shape index (κ1) is 16.2. The molecule has 1 aromatic carbocycles. The SMILES string of the molecule is O=S(=O)(C1CCCOC1)N1CCNCC1c1cccc(Cl)c1. The van der Waals surface area contributed by atoms with Crippen molar-refractivity contribution < 1.29 is 13.2 Å². The molecule has 0 spiro atoms. The van der Waals surface area contributed by atoms with Gasteiger partial charge < -0.3 is 10.1 Å². The summed E-state index contributed by atoms with van der Waals surface area (Å²) >= 11 is 6.07. The topological polar surface area (TPSA) is 58.6 Å². The second kappa shape index (κ2) is 6.84. The Labute approximate surface area is 136 Å². The molecule has 1 aromatic rings. The lowest BCUT2D eigenvalue weighted by molar-refractivity contribution is 0.0963. The van der Waals surface area contributed by atoms with Gasteiger partial charge in [0.2, 0.25) is 10.0 Å². The molecule has 2 aliphatic heterocycles. The Balaban J connectivity index is 1.88. The van der Waals surface area contributed by atoms with E-state index in [0.29, 0.717) is 44.3 Å². The summed E-state index contributed by atoms with van der Waals surface area (Å²) in [5.74, 6) is 0. The van der Waals surface area contributed by atoms with E-state index in [1.54, 1.807) is 10.4 Å². The van der Waals surface area contributed by atoms with E-state index >= 15 is 0 Å². The quantitative estimate of drug-likeness (QED) is 0.908. The first-order valence-corrected chi connectivity index (χ1v) is 9.52. The lowest BCUT2D eigenvalue weighted by Gasteiger charge is -2.38. The van der Waals surface area contributed by atoms with Crippen LogP contribution in [0.5, 0.6) is 0 Å². The van der Waals surface area contributed by atoms with Gasteiger partial charge in [0.15, 0.2) is 0 Å². The van der Waals surface area contributed by atoms with E-state index in [9.17, 15) is 8.42 Å². The highest BCUT2D eigenvalue weighted by molar-refractivity contribution is 7.89. The summed E-state index contributed by atoms with van der Waals surface area (Å²) in [6.07, 6.45) is 1.48. The molecule has 122 valence electrons. The van der Waals surface area contributed by atoms with Crippen molar-refractivity contribution in [3.8, 4) is 0 Å². The van der Waals surface area contributed by atoms with Gasteiger partial charge in [-0.2, -0.15) is 4.31 Å². The molecule has 2 saturated heterocycles. The lowest BCUT2D eigenvalue weighted by atomic mass is 10.1.